The molecule has 3 aromatic heterocycles. The maximum atomic E-state index is 4.74. The Bertz CT molecular complexity index is 793. The Morgan fingerprint density at radius 3 is 2.57 bits per heavy atom. The van der Waals surface area contributed by atoms with Crippen LogP contribution in [0.1, 0.15) is 50.5 Å². The molecule has 3 rings (SSSR count). The molecular weight excluding hydrogens is 288 g/mol. The van der Waals surface area contributed by atoms with E-state index in [2.05, 4.69) is 41.2 Å². The average Bonchev–Trinajstić information content (AvgIpc) is 2.94. The van der Waals surface area contributed by atoms with Crippen molar-refractivity contribution in [2.75, 3.05) is 5.32 Å². The minimum absolute atomic E-state index is 0.177. The van der Waals surface area contributed by atoms with Crippen LogP contribution in [0, 0.1) is 0 Å². The number of hydrogen-bond donors (Lipinski definition) is 1. The zero-order valence-corrected chi connectivity index (χ0v) is 14.0. The summed E-state index contributed by atoms with van der Waals surface area (Å²) < 4.78 is 1.79. The normalized spacial score (nSPS) is 12.7. The van der Waals surface area contributed by atoms with E-state index in [4.69, 9.17) is 4.98 Å². The summed E-state index contributed by atoms with van der Waals surface area (Å²) in [6, 6.07) is 4.24. The fourth-order valence-corrected chi connectivity index (χ4v) is 2.59. The molecule has 0 radical (unpaired) electrons. The molecule has 1 atom stereocenters. The summed E-state index contributed by atoms with van der Waals surface area (Å²) in [6.07, 6.45) is 6.41. The zero-order valence-electron chi connectivity index (χ0n) is 14.0. The molecular formula is C17H22N6. The first-order chi connectivity index (χ1) is 11.1. The van der Waals surface area contributed by atoms with Crippen molar-refractivity contribution < 1.29 is 0 Å². The molecule has 0 spiro atoms. The van der Waals surface area contributed by atoms with Gasteiger partial charge in [-0.2, -0.15) is 5.10 Å². The van der Waals surface area contributed by atoms with Gasteiger partial charge in [0.15, 0.2) is 5.65 Å². The number of pyridine rings is 1. The van der Waals surface area contributed by atoms with Gasteiger partial charge < -0.3 is 5.32 Å². The first-order valence-corrected chi connectivity index (χ1v) is 7.96. The molecule has 0 aliphatic carbocycles. The molecule has 6 nitrogen and oxygen atoms in total. The molecule has 0 bridgehead atoms. The van der Waals surface area contributed by atoms with Crippen molar-refractivity contribution in [2.45, 2.75) is 39.2 Å². The standard InChI is InChI=1S/C17H22N6/c1-5-14(12-6-8-18-9-7-12)20-16-13-10-19-23(4)17(13)22-15(21-16)11(2)3/h6-11,14H,5H2,1-4H3,(H,20,21,22)/t14-/m1/s1. The first kappa shape index (κ1) is 15.4. The van der Waals surface area contributed by atoms with E-state index >= 15 is 0 Å². The Labute approximate surface area is 136 Å². The van der Waals surface area contributed by atoms with Gasteiger partial charge in [0.05, 0.1) is 17.6 Å². The monoisotopic (exact) mass is 310 g/mol. The highest BCUT2D eigenvalue weighted by atomic mass is 15.3. The average molecular weight is 310 g/mol. The summed E-state index contributed by atoms with van der Waals surface area (Å²) in [7, 11) is 1.91. The van der Waals surface area contributed by atoms with E-state index in [1.165, 1.54) is 5.56 Å². The number of hydrogen-bond acceptors (Lipinski definition) is 5. The van der Waals surface area contributed by atoms with Gasteiger partial charge in [0.1, 0.15) is 11.6 Å². The minimum atomic E-state index is 0.177. The van der Waals surface area contributed by atoms with E-state index in [0.717, 1.165) is 29.1 Å². The van der Waals surface area contributed by atoms with Crippen LogP contribution in [-0.2, 0) is 7.05 Å². The summed E-state index contributed by atoms with van der Waals surface area (Å²) in [6.45, 7) is 6.35. The Morgan fingerprint density at radius 1 is 1.17 bits per heavy atom. The van der Waals surface area contributed by atoms with E-state index in [0.29, 0.717) is 0 Å². The molecule has 3 aromatic rings. The second-order valence-electron chi connectivity index (χ2n) is 5.98. The second kappa shape index (κ2) is 6.32. The molecule has 0 saturated carbocycles. The molecule has 6 heteroatoms. The Balaban J connectivity index is 2.04. The van der Waals surface area contributed by atoms with Crippen molar-refractivity contribution in [1.29, 1.82) is 0 Å². The SMILES string of the molecule is CC[C@@H](Nc1nc(C(C)C)nc2c1cnn2C)c1ccncc1. The van der Waals surface area contributed by atoms with Crippen LogP contribution in [0.25, 0.3) is 11.0 Å². The van der Waals surface area contributed by atoms with E-state index in [9.17, 15) is 0 Å². The fraction of sp³-hybridized carbons (Fsp3) is 0.412. The van der Waals surface area contributed by atoms with E-state index in [1.807, 2.05) is 37.8 Å². The van der Waals surface area contributed by atoms with Crippen LogP contribution in [0.2, 0.25) is 0 Å². The fourth-order valence-electron chi connectivity index (χ4n) is 2.59. The summed E-state index contributed by atoms with van der Waals surface area (Å²) in [5.41, 5.74) is 2.06. The maximum Gasteiger partial charge on any atom is 0.163 e. The van der Waals surface area contributed by atoms with Crippen molar-refractivity contribution in [3.63, 3.8) is 0 Å². The highest BCUT2D eigenvalue weighted by molar-refractivity contribution is 5.86. The third-order valence-corrected chi connectivity index (χ3v) is 3.95. The molecule has 23 heavy (non-hydrogen) atoms. The van der Waals surface area contributed by atoms with Crippen LogP contribution in [-0.4, -0.2) is 24.7 Å². The molecule has 120 valence electrons. The van der Waals surface area contributed by atoms with Crippen LogP contribution < -0.4 is 5.32 Å². The molecule has 0 unspecified atom stereocenters. The summed E-state index contributed by atoms with van der Waals surface area (Å²) in [4.78, 5) is 13.5. The lowest BCUT2D eigenvalue weighted by molar-refractivity contribution is 0.729. The van der Waals surface area contributed by atoms with Crippen LogP contribution in [0.3, 0.4) is 0 Å². The third kappa shape index (κ3) is 3.02. The van der Waals surface area contributed by atoms with Crippen molar-refractivity contribution in [2.24, 2.45) is 7.05 Å². The Morgan fingerprint density at radius 2 is 1.91 bits per heavy atom. The maximum absolute atomic E-state index is 4.74. The van der Waals surface area contributed by atoms with Crippen molar-refractivity contribution >= 4 is 16.9 Å². The quantitative estimate of drug-likeness (QED) is 0.781. The van der Waals surface area contributed by atoms with E-state index < -0.39 is 0 Å². The third-order valence-electron chi connectivity index (χ3n) is 3.95. The van der Waals surface area contributed by atoms with Crippen LogP contribution in [0.5, 0.6) is 0 Å². The molecule has 0 aliphatic rings. The number of nitrogens with one attached hydrogen (secondary N) is 1. The van der Waals surface area contributed by atoms with Gasteiger partial charge in [0.2, 0.25) is 0 Å². The lowest BCUT2D eigenvalue weighted by atomic mass is 10.1. The van der Waals surface area contributed by atoms with Gasteiger partial charge in [-0.3, -0.25) is 9.67 Å². The molecule has 3 heterocycles. The van der Waals surface area contributed by atoms with E-state index in [1.54, 1.807) is 4.68 Å². The smallest absolute Gasteiger partial charge is 0.163 e. The molecule has 0 amide bonds. The van der Waals surface area contributed by atoms with Gasteiger partial charge in [-0.15, -0.1) is 0 Å². The Hall–Kier alpha value is -2.50. The number of nitrogens with zero attached hydrogens (tertiary/aromatic N) is 5. The highest BCUT2D eigenvalue weighted by Crippen LogP contribution is 2.27. The second-order valence-corrected chi connectivity index (χ2v) is 5.98. The van der Waals surface area contributed by atoms with Gasteiger partial charge in [-0.1, -0.05) is 20.8 Å². The number of fused-ring (bicyclic) bond motifs is 1. The number of aromatic nitrogens is 5. The predicted molar refractivity (Wildman–Crippen MR) is 91.3 cm³/mol. The largest absolute Gasteiger partial charge is 0.363 e. The van der Waals surface area contributed by atoms with Crippen molar-refractivity contribution in [1.82, 2.24) is 24.7 Å². The van der Waals surface area contributed by atoms with E-state index in [-0.39, 0.29) is 12.0 Å². The molecule has 0 saturated heterocycles. The molecule has 1 N–H and O–H groups in total. The van der Waals surface area contributed by atoms with Crippen molar-refractivity contribution in [3.8, 4) is 0 Å². The topological polar surface area (TPSA) is 68.5 Å². The minimum Gasteiger partial charge on any atom is -0.363 e. The van der Waals surface area contributed by atoms with Gasteiger partial charge in [0, 0.05) is 25.4 Å². The first-order valence-electron chi connectivity index (χ1n) is 7.96. The van der Waals surface area contributed by atoms with Gasteiger partial charge in [-0.05, 0) is 24.1 Å². The highest BCUT2D eigenvalue weighted by Gasteiger charge is 2.17. The summed E-state index contributed by atoms with van der Waals surface area (Å²) in [5, 5.41) is 8.84. The summed E-state index contributed by atoms with van der Waals surface area (Å²) >= 11 is 0. The molecule has 0 aromatic carbocycles. The number of rotatable bonds is 5. The van der Waals surface area contributed by atoms with Crippen LogP contribution >= 0.6 is 0 Å². The van der Waals surface area contributed by atoms with Gasteiger partial charge in [0.25, 0.3) is 0 Å². The van der Waals surface area contributed by atoms with Crippen LogP contribution in [0.15, 0.2) is 30.7 Å². The lowest BCUT2D eigenvalue weighted by Gasteiger charge is -2.19. The van der Waals surface area contributed by atoms with Crippen molar-refractivity contribution in [3.05, 3.63) is 42.1 Å². The number of aryl methyl sites for hydroxylation is 1. The Kier molecular flexibility index (Phi) is 4.23. The molecule has 0 fully saturated rings. The summed E-state index contributed by atoms with van der Waals surface area (Å²) in [5.74, 6) is 1.93. The van der Waals surface area contributed by atoms with Gasteiger partial charge >= 0.3 is 0 Å². The van der Waals surface area contributed by atoms with Gasteiger partial charge in [-0.25, -0.2) is 9.97 Å². The lowest BCUT2D eigenvalue weighted by Crippen LogP contribution is -2.13. The molecule has 0 aliphatic heterocycles. The van der Waals surface area contributed by atoms with Crippen LogP contribution in [0.4, 0.5) is 5.82 Å². The number of anilines is 1. The predicted octanol–water partition coefficient (Wildman–Crippen LogP) is 3.44. The zero-order chi connectivity index (χ0) is 16.4.